The summed E-state index contributed by atoms with van der Waals surface area (Å²) < 4.78 is 20.4. The molecule has 6 nitrogen and oxygen atoms in total. The van der Waals surface area contributed by atoms with Gasteiger partial charge in [0.15, 0.2) is 5.92 Å². The Morgan fingerprint density at radius 2 is 1.33 bits per heavy atom. The van der Waals surface area contributed by atoms with E-state index in [-0.39, 0.29) is 25.4 Å². The third-order valence-corrected chi connectivity index (χ3v) is 4.29. The maximum Gasteiger partial charge on any atom is 0.320 e. The summed E-state index contributed by atoms with van der Waals surface area (Å²) in [6.07, 6.45) is 8.47. The Morgan fingerprint density at radius 1 is 0.875 bits per heavy atom. The van der Waals surface area contributed by atoms with E-state index in [4.69, 9.17) is 18.9 Å². The zero-order chi connectivity index (χ0) is 17.2. The minimum absolute atomic E-state index is 0.00375. The maximum atomic E-state index is 12.2. The van der Waals surface area contributed by atoms with Crippen molar-refractivity contribution in [3.63, 3.8) is 0 Å². The topological polar surface area (TPSA) is 77.7 Å². The predicted molar refractivity (Wildman–Crippen MR) is 87.5 cm³/mol. The van der Waals surface area contributed by atoms with E-state index in [2.05, 4.69) is 6.92 Å². The summed E-state index contributed by atoms with van der Waals surface area (Å²) in [5.41, 5.74) is 0. The Morgan fingerprint density at radius 3 is 1.79 bits per heavy atom. The summed E-state index contributed by atoms with van der Waals surface area (Å²) in [4.78, 5) is 24.3. The van der Waals surface area contributed by atoms with Crippen molar-refractivity contribution < 1.29 is 28.5 Å². The fourth-order valence-electron chi connectivity index (χ4n) is 2.52. The number of hydrogen-bond acceptors (Lipinski definition) is 6. The second-order valence-electron chi connectivity index (χ2n) is 6.63. The molecule has 2 rings (SSSR count). The van der Waals surface area contributed by atoms with Gasteiger partial charge in [0.1, 0.15) is 25.4 Å². The first-order valence-electron chi connectivity index (χ1n) is 9.27. The van der Waals surface area contributed by atoms with E-state index in [1.165, 1.54) is 25.7 Å². The third-order valence-electron chi connectivity index (χ3n) is 4.29. The van der Waals surface area contributed by atoms with E-state index < -0.39 is 17.9 Å². The molecule has 0 radical (unpaired) electrons. The van der Waals surface area contributed by atoms with E-state index in [1.54, 1.807) is 0 Å². The largest absolute Gasteiger partial charge is 0.462 e. The van der Waals surface area contributed by atoms with Gasteiger partial charge in [-0.25, -0.2) is 0 Å². The highest BCUT2D eigenvalue weighted by atomic mass is 16.6. The van der Waals surface area contributed by atoms with Crippen LogP contribution in [0.15, 0.2) is 0 Å². The van der Waals surface area contributed by atoms with Crippen molar-refractivity contribution in [2.24, 2.45) is 5.92 Å². The summed E-state index contributed by atoms with van der Waals surface area (Å²) in [5.74, 6) is -1.80. The normalized spacial score (nSPS) is 22.7. The number of carbonyl (C=O) groups is 2. The maximum absolute atomic E-state index is 12.2. The molecule has 2 aliphatic heterocycles. The molecule has 2 fully saturated rings. The Labute approximate surface area is 144 Å². The lowest BCUT2D eigenvalue weighted by atomic mass is 10.00. The summed E-state index contributed by atoms with van der Waals surface area (Å²) in [6, 6.07) is 0. The Balaban J connectivity index is 1.66. The van der Waals surface area contributed by atoms with Gasteiger partial charge in [0.2, 0.25) is 0 Å². The van der Waals surface area contributed by atoms with Crippen LogP contribution in [-0.4, -0.2) is 50.6 Å². The van der Waals surface area contributed by atoms with Crippen molar-refractivity contribution in [1.82, 2.24) is 0 Å². The monoisotopic (exact) mass is 342 g/mol. The van der Waals surface area contributed by atoms with Crippen LogP contribution < -0.4 is 0 Å². The molecule has 24 heavy (non-hydrogen) atoms. The van der Waals surface area contributed by atoms with Crippen LogP contribution in [0.25, 0.3) is 0 Å². The van der Waals surface area contributed by atoms with Crippen LogP contribution in [0, 0.1) is 5.92 Å². The van der Waals surface area contributed by atoms with Gasteiger partial charge in [-0.15, -0.1) is 0 Å². The average Bonchev–Trinajstić information content (AvgIpc) is 3.47. The van der Waals surface area contributed by atoms with Gasteiger partial charge >= 0.3 is 11.9 Å². The van der Waals surface area contributed by atoms with Gasteiger partial charge in [-0.2, -0.15) is 0 Å². The second-order valence-corrected chi connectivity index (χ2v) is 6.63. The number of rotatable bonds is 14. The summed E-state index contributed by atoms with van der Waals surface area (Å²) >= 11 is 0. The summed E-state index contributed by atoms with van der Waals surface area (Å²) in [6.45, 7) is 3.90. The zero-order valence-corrected chi connectivity index (χ0v) is 14.7. The minimum atomic E-state index is -0.821. The highest BCUT2D eigenvalue weighted by Crippen LogP contribution is 2.18. The van der Waals surface area contributed by atoms with Gasteiger partial charge in [0.25, 0.3) is 0 Å². The van der Waals surface area contributed by atoms with Crippen molar-refractivity contribution in [3.05, 3.63) is 0 Å². The van der Waals surface area contributed by atoms with Crippen molar-refractivity contribution in [2.45, 2.75) is 70.5 Å². The van der Waals surface area contributed by atoms with Crippen LogP contribution in [0.3, 0.4) is 0 Å². The van der Waals surface area contributed by atoms with Crippen LogP contribution >= 0.6 is 0 Å². The standard InChI is InChI=1S/C18H30O6/c1-2-3-4-5-6-7-8-9-16(17(19)23-12-14-10-21-14)18(20)24-13-15-11-22-15/h14-16H,2-13H2,1H3. The zero-order valence-electron chi connectivity index (χ0n) is 14.7. The van der Waals surface area contributed by atoms with Crippen LogP contribution in [-0.2, 0) is 28.5 Å². The van der Waals surface area contributed by atoms with Gasteiger partial charge < -0.3 is 18.9 Å². The number of unbranched alkanes of at least 4 members (excludes halogenated alkanes) is 6. The van der Waals surface area contributed by atoms with Crippen LogP contribution in [0.1, 0.15) is 58.3 Å². The molecule has 0 bridgehead atoms. The van der Waals surface area contributed by atoms with Crippen molar-refractivity contribution >= 4 is 11.9 Å². The molecular formula is C18H30O6. The first kappa shape index (κ1) is 19.2. The molecule has 138 valence electrons. The van der Waals surface area contributed by atoms with E-state index in [1.807, 2.05) is 0 Å². The predicted octanol–water partition coefficient (Wildman–Crippen LogP) is 2.63. The van der Waals surface area contributed by atoms with E-state index in [0.717, 1.165) is 19.3 Å². The fraction of sp³-hybridized carbons (Fsp3) is 0.889. The molecule has 0 amide bonds. The van der Waals surface area contributed by atoms with E-state index >= 15 is 0 Å². The summed E-state index contributed by atoms with van der Waals surface area (Å²) in [5, 5.41) is 0. The van der Waals surface area contributed by atoms with Gasteiger partial charge in [0, 0.05) is 0 Å². The number of hydrogen-bond donors (Lipinski definition) is 0. The lowest BCUT2D eigenvalue weighted by Gasteiger charge is -2.14. The van der Waals surface area contributed by atoms with E-state index in [0.29, 0.717) is 19.6 Å². The SMILES string of the molecule is CCCCCCCCCC(C(=O)OCC1CO1)C(=O)OCC1CO1. The van der Waals surface area contributed by atoms with Gasteiger partial charge in [-0.05, 0) is 6.42 Å². The Bertz CT molecular complexity index is 361. The number of ether oxygens (including phenoxy) is 4. The molecule has 0 aromatic carbocycles. The molecule has 2 heterocycles. The smallest absolute Gasteiger partial charge is 0.320 e. The average molecular weight is 342 g/mol. The van der Waals surface area contributed by atoms with Gasteiger partial charge in [0.05, 0.1) is 13.2 Å². The Hall–Kier alpha value is -1.14. The lowest BCUT2D eigenvalue weighted by Crippen LogP contribution is -2.30. The molecular weight excluding hydrogens is 312 g/mol. The number of esters is 2. The number of epoxide rings is 2. The first-order valence-corrected chi connectivity index (χ1v) is 9.27. The third kappa shape index (κ3) is 8.11. The van der Waals surface area contributed by atoms with Crippen LogP contribution in [0.4, 0.5) is 0 Å². The molecule has 0 saturated carbocycles. The quantitative estimate of drug-likeness (QED) is 0.209. The molecule has 0 N–H and O–H groups in total. The van der Waals surface area contributed by atoms with E-state index in [9.17, 15) is 9.59 Å². The molecule has 0 aliphatic carbocycles. The molecule has 0 aromatic rings. The molecule has 0 spiro atoms. The molecule has 6 heteroatoms. The molecule has 2 unspecified atom stereocenters. The van der Waals surface area contributed by atoms with Crippen molar-refractivity contribution in [3.8, 4) is 0 Å². The van der Waals surface area contributed by atoms with Gasteiger partial charge in [-0.3, -0.25) is 9.59 Å². The molecule has 2 saturated heterocycles. The molecule has 0 aromatic heterocycles. The fourth-order valence-corrected chi connectivity index (χ4v) is 2.52. The second kappa shape index (κ2) is 10.7. The number of carbonyl (C=O) groups excluding carboxylic acids is 2. The minimum Gasteiger partial charge on any atom is -0.462 e. The van der Waals surface area contributed by atoms with Crippen LogP contribution in [0.5, 0.6) is 0 Å². The highest BCUT2D eigenvalue weighted by Gasteiger charge is 2.33. The van der Waals surface area contributed by atoms with Crippen LogP contribution in [0.2, 0.25) is 0 Å². The highest BCUT2D eigenvalue weighted by molar-refractivity contribution is 5.94. The summed E-state index contributed by atoms with van der Waals surface area (Å²) in [7, 11) is 0. The Kier molecular flexibility index (Phi) is 8.53. The van der Waals surface area contributed by atoms with Crippen molar-refractivity contribution in [1.29, 1.82) is 0 Å². The van der Waals surface area contributed by atoms with Crippen molar-refractivity contribution in [2.75, 3.05) is 26.4 Å². The lowest BCUT2D eigenvalue weighted by molar-refractivity contribution is -0.163. The van der Waals surface area contributed by atoms with Gasteiger partial charge in [-0.1, -0.05) is 51.9 Å². The molecule has 2 aliphatic rings. The molecule has 2 atom stereocenters. The first-order chi connectivity index (χ1) is 11.7.